The zero-order valence-corrected chi connectivity index (χ0v) is 18.0. The summed E-state index contributed by atoms with van der Waals surface area (Å²) < 4.78 is 18.8. The first-order valence-corrected chi connectivity index (χ1v) is 10.8. The van der Waals surface area contributed by atoms with E-state index in [0.717, 1.165) is 18.4 Å². The number of hydrogen-bond donors (Lipinski definition) is 1. The Morgan fingerprint density at radius 2 is 1.81 bits per heavy atom. The van der Waals surface area contributed by atoms with Gasteiger partial charge in [0.25, 0.3) is 5.91 Å². The molecule has 3 rings (SSSR count). The van der Waals surface area contributed by atoms with Gasteiger partial charge < -0.3 is 15.0 Å². The van der Waals surface area contributed by atoms with Crippen LogP contribution >= 0.6 is 0 Å². The summed E-state index contributed by atoms with van der Waals surface area (Å²) in [7, 11) is 0. The quantitative estimate of drug-likeness (QED) is 0.625. The molecule has 2 aromatic carbocycles. The van der Waals surface area contributed by atoms with Gasteiger partial charge in [0.1, 0.15) is 18.2 Å². The van der Waals surface area contributed by atoms with E-state index in [2.05, 4.69) is 17.1 Å². The average Bonchev–Trinajstić information content (AvgIpc) is 2.79. The van der Waals surface area contributed by atoms with E-state index in [4.69, 9.17) is 4.74 Å². The second kappa shape index (κ2) is 11.5. The lowest BCUT2D eigenvalue weighted by molar-refractivity contribution is -0.122. The molecule has 2 amide bonds. The van der Waals surface area contributed by atoms with Crippen LogP contribution in [0.1, 0.15) is 35.7 Å². The van der Waals surface area contributed by atoms with Gasteiger partial charge >= 0.3 is 0 Å². The van der Waals surface area contributed by atoms with E-state index in [9.17, 15) is 14.0 Å². The molecule has 0 radical (unpaired) electrons. The zero-order chi connectivity index (χ0) is 22.1. The van der Waals surface area contributed by atoms with Crippen LogP contribution in [-0.4, -0.2) is 60.9 Å². The van der Waals surface area contributed by atoms with Crippen molar-refractivity contribution >= 4 is 11.8 Å². The van der Waals surface area contributed by atoms with Gasteiger partial charge in [-0.25, -0.2) is 4.39 Å². The maximum atomic E-state index is 13.0. The van der Waals surface area contributed by atoms with E-state index < -0.39 is 0 Å². The number of unbranched alkanes of at least 4 members (excludes halogenated alkanes) is 1. The molecule has 1 fully saturated rings. The fraction of sp³-hybridized carbons (Fsp3) is 0.417. The Labute approximate surface area is 183 Å². The third-order valence-corrected chi connectivity index (χ3v) is 5.28. The summed E-state index contributed by atoms with van der Waals surface area (Å²) in [6, 6.07) is 13.3. The van der Waals surface area contributed by atoms with Crippen LogP contribution in [0.4, 0.5) is 4.39 Å². The van der Waals surface area contributed by atoms with Gasteiger partial charge in [-0.3, -0.25) is 14.5 Å². The van der Waals surface area contributed by atoms with Gasteiger partial charge in [-0.2, -0.15) is 0 Å². The van der Waals surface area contributed by atoms with Crippen molar-refractivity contribution in [3.63, 3.8) is 0 Å². The molecule has 7 heteroatoms. The van der Waals surface area contributed by atoms with Crippen LogP contribution in [0.2, 0.25) is 0 Å². The number of halogens is 1. The van der Waals surface area contributed by atoms with Crippen molar-refractivity contribution < 1.29 is 18.7 Å². The summed E-state index contributed by atoms with van der Waals surface area (Å²) in [5.74, 6) is 0.310. The Morgan fingerprint density at radius 3 is 2.52 bits per heavy atom. The van der Waals surface area contributed by atoms with Gasteiger partial charge in [0.05, 0.1) is 6.54 Å². The van der Waals surface area contributed by atoms with Crippen LogP contribution < -0.4 is 10.1 Å². The number of rotatable bonds is 9. The molecule has 0 bridgehead atoms. The average molecular weight is 428 g/mol. The van der Waals surface area contributed by atoms with Crippen LogP contribution in [0.25, 0.3) is 0 Å². The molecule has 0 atom stereocenters. The maximum Gasteiger partial charge on any atom is 0.254 e. The Morgan fingerprint density at radius 1 is 1.06 bits per heavy atom. The van der Waals surface area contributed by atoms with Crippen molar-refractivity contribution in [3.05, 3.63) is 65.5 Å². The predicted molar refractivity (Wildman–Crippen MR) is 117 cm³/mol. The highest BCUT2D eigenvalue weighted by atomic mass is 19.1. The van der Waals surface area contributed by atoms with Gasteiger partial charge in [-0.15, -0.1) is 0 Å². The highest BCUT2D eigenvalue weighted by Crippen LogP contribution is 2.18. The van der Waals surface area contributed by atoms with Crippen molar-refractivity contribution in [2.45, 2.75) is 26.4 Å². The molecule has 0 aromatic heterocycles. The molecule has 0 spiro atoms. The molecule has 0 saturated carbocycles. The second-order valence-electron chi connectivity index (χ2n) is 7.71. The van der Waals surface area contributed by atoms with Gasteiger partial charge in [-0.05, 0) is 42.3 Å². The predicted octanol–water partition coefficient (Wildman–Crippen LogP) is 3.08. The van der Waals surface area contributed by atoms with E-state index in [1.54, 1.807) is 36.4 Å². The summed E-state index contributed by atoms with van der Waals surface area (Å²) in [5, 5.41) is 2.93. The van der Waals surface area contributed by atoms with E-state index in [0.29, 0.717) is 57.2 Å². The first kappa shape index (κ1) is 22.7. The summed E-state index contributed by atoms with van der Waals surface area (Å²) in [6.45, 7) is 6.00. The van der Waals surface area contributed by atoms with E-state index in [1.165, 1.54) is 12.1 Å². The first-order chi connectivity index (χ1) is 15.0. The molecule has 166 valence electrons. The minimum absolute atomic E-state index is 0.0410. The van der Waals surface area contributed by atoms with Crippen LogP contribution in [0.3, 0.4) is 0 Å². The van der Waals surface area contributed by atoms with Crippen molar-refractivity contribution in [1.82, 2.24) is 15.1 Å². The van der Waals surface area contributed by atoms with E-state index in [1.807, 2.05) is 4.90 Å². The molecule has 0 aliphatic carbocycles. The molecular weight excluding hydrogens is 397 g/mol. The smallest absolute Gasteiger partial charge is 0.254 e. The number of nitrogens with one attached hydrogen (secondary N) is 1. The summed E-state index contributed by atoms with van der Waals surface area (Å²) in [4.78, 5) is 28.8. The third-order valence-electron chi connectivity index (χ3n) is 5.28. The molecule has 6 nitrogen and oxygen atoms in total. The summed E-state index contributed by atoms with van der Waals surface area (Å²) in [5.41, 5.74) is 1.43. The van der Waals surface area contributed by atoms with Gasteiger partial charge in [0, 0.05) is 38.3 Å². The monoisotopic (exact) mass is 427 g/mol. The molecule has 1 aliphatic rings. The highest BCUT2D eigenvalue weighted by Gasteiger charge is 2.23. The number of carbonyl (C=O) groups excluding carboxylic acids is 2. The lowest BCUT2D eigenvalue weighted by atomic mass is 10.1. The number of benzene rings is 2. The fourth-order valence-electron chi connectivity index (χ4n) is 3.42. The van der Waals surface area contributed by atoms with Crippen LogP contribution in [0, 0.1) is 5.82 Å². The SMILES string of the molecule is CCCCNC(=O)CN1CCN(C(=O)c2cccc(OCc3ccc(F)cc3)c2)CC1. The normalized spacial score (nSPS) is 14.3. The highest BCUT2D eigenvalue weighted by molar-refractivity contribution is 5.94. The van der Waals surface area contributed by atoms with Gasteiger partial charge in [-0.1, -0.05) is 31.5 Å². The Balaban J connectivity index is 1.47. The number of piperazine rings is 1. The Hall–Kier alpha value is -2.93. The van der Waals surface area contributed by atoms with Crippen molar-refractivity contribution in [1.29, 1.82) is 0 Å². The van der Waals surface area contributed by atoms with E-state index in [-0.39, 0.29) is 17.6 Å². The number of amides is 2. The topological polar surface area (TPSA) is 61.9 Å². The minimum atomic E-state index is -0.284. The molecule has 1 saturated heterocycles. The van der Waals surface area contributed by atoms with E-state index >= 15 is 0 Å². The van der Waals surface area contributed by atoms with Crippen LogP contribution in [0.15, 0.2) is 48.5 Å². The second-order valence-corrected chi connectivity index (χ2v) is 7.71. The largest absolute Gasteiger partial charge is 0.489 e. The van der Waals surface area contributed by atoms with Crippen molar-refractivity contribution in [3.8, 4) is 5.75 Å². The number of carbonyl (C=O) groups is 2. The van der Waals surface area contributed by atoms with Crippen LogP contribution in [0.5, 0.6) is 5.75 Å². The molecular formula is C24H30FN3O3. The molecule has 1 N–H and O–H groups in total. The summed E-state index contributed by atoms with van der Waals surface area (Å²) in [6.07, 6.45) is 2.04. The third kappa shape index (κ3) is 7.07. The fourth-order valence-corrected chi connectivity index (χ4v) is 3.42. The minimum Gasteiger partial charge on any atom is -0.489 e. The van der Waals surface area contributed by atoms with Crippen LogP contribution in [-0.2, 0) is 11.4 Å². The maximum absolute atomic E-state index is 13.0. The molecule has 0 unspecified atom stereocenters. The Kier molecular flexibility index (Phi) is 8.41. The number of nitrogens with zero attached hydrogens (tertiary/aromatic N) is 2. The lowest BCUT2D eigenvalue weighted by Crippen LogP contribution is -2.51. The molecule has 2 aromatic rings. The van der Waals surface area contributed by atoms with Crippen molar-refractivity contribution in [2.24, 2.45) is 0 Å². The standard InChI is InChI=1S/C24H30FN3O3/c1-2-3-11-26-23(29)17-27-12-14-28(15-13-27)24(30)20-5-4-6-22(16-20)31-18-19-7-9-21(25)10-8-19/h4-10,16H,2-3,11-15,17-18H2,1H3,(H,26,29). The van der Waals surface area contributed by atoms with Gasteiger partial charge in [0.15, 0.2) is 0 Å². The molecule has 1 aliphatic heterocycles. The lowest BCUT2D eigenvalue weighted by Gasteiger charge is -2.34. The van der Waals surface area contributed by atoms with Crippen molar-refractivity contribution in [2.75, 3.05) is 39.3 Å². The first-order valence-electron chi connectivity index (χ1n) is 10.8. The molecule has 31 heavy (non-hydrogen) atoms. The molecule has 1 heterocycles. The number of ether oxygens (including phenoxy) is 1. The zero-order valence-electron chi connectivity index (χ0n) is 18.0. The summed E-state index contributed by atoms with van der Waals surface area (Å²) >= 11 is 0. The Bertz CT molecular complexity index is 865. The van der Waals surface area contributed by atoms with Gasteiger partial charge in [0.2, 0.25) is 5.91 Å². The number of hydrogen-bond acceptors (Lipinski definition) is 4.